The first-order valence-electron chi connectivity index (χ1n) is 8.82. The largest absolute Gasteiger partial charge is 0.417 e. The Labute approximate surface area is 171 Å². The van der Waals surface area contributed by atoms with Crippen molar-refractivity contribution in [3.8, 4) is 0 Å². The highest BCUT2D eigenvalue weighted by atomic mass is 35.5. The van der Waals surface area contributed by atoms with Crippen molar-refractivity contribution in [1.29, 1.82) is 0 Å². The molecular formula is C19H18ClF3N2O3S. The number of halogens is 4. The monoisotopic (exact) mass is 446 g/mol. The molecule has 1 atom stereocenters. The van der Waals surface area contributed by atoms with Gasteiger partial charge in [0.15, 0.2) is 0 Å². The van der Waals surface area contributed by atoms with Gasteiger partial charge in [-0.3, -0.25) is 4.79 Å². The third-order valence-electron chi connectivity index (χ3n) is 4.68. The third-order valence-corrected chi connectivity index (χ3v) is 6.88. The molecule has 0 aromatic heterocycles. The van der Waals surface area contributed by atoms with Crippen LogP contribution in [0.4, 0.5) is 18.9 Å². The van der Waals surface area contributed by atoms with Crippen LogP contribution < -0.4 is 5.32 Å². The highest BCUT2D eigenvalue weighted by Crippen LogP contribution is 2.36. The number of benzene rings is 2. The minimum Gasteiger partial charge on any atom is -0.326 e. The lowest BCUT2D eigenvalue weighted by atomic mass is 9.98. The summed E-state index contributed by atoms with van der Waals surface area (Å²) in [6.07, 6.45) is -3.74. The van der Waals surface area contributed by atoms with Gasteiger partial charge in [-0.1, -0.05) is 29.8 Å². The highest BCUT2D eigenvalue weighted by molar-refractivity contribution is 7.89. The smallest absolute Gasteiger partial charge is 0.326 e. The molecule has 1 amide bonds. The predicted molar refractivity (Wildman–Crippen MR) is 103 cm³/mol. The fourth-order valence-corrected chi connectivity index (χ4v) is 4.95. The standard InChI is InChI=1S/C19H18ClF3N2O3S/c20-17-9-8-14(11-16(17)19(21,22)23)24-18(26)13-5-4-10-25(12-13)29(27,28)15-6-2-1-3-7-15/h1-3,6-9,11,13H,4-5,10,12H2,(H,24,26). The Morgan fingerprint density at radius 3 is 2.48 bits per heavy atom. The van der Waals surface area contributed by atoms with Crippen LogP contribution in [0.5, 0.6) is 0 Å². The van der Waals surface area contributed by atoms with Crippen LogP contribution in [0.3, 0.4) is 0 Å². The maximum absolute atomic E-state index is 13.0. The lowest BCUT2D eigenvalue weighted by Gasteiger charge is -2.31. The summed E-state index contributed by atoms with van der Waals surface area (Å²) in [5.74, 6) is -1.21. The highest BCUT2D eigenvalue weighted by Gasteiger charge is 2.35. The normalized spacial score (nSPS) is 18.4. The SMILES string of the molecule is O=C(Nc1ccc(Cl)c(C(F)(F)F)c1)C1CCCN(S(=O)(=O)c2ccccc2)C1. The van der Waals surface area contributed by atoms with Crippen LogP contribution in [0.2, 0.25) is 5.02 Å². The summed E-state index contributed by atoms with van der Waals surface area (Å²) in [4.78, 5) is 12.7. The van der Waals surface area contributed by atoms with E-state index < -0.39 is 38.6 Å². The molecule has 1 saturated heterocycles. The van der Waals surface area contributed by atoms with Gasteiger partial charge in [-0.2, -0.15) is 17.5 Å². The second kappa shape index (κ2) is 8.33. The third kappa shape index (κ3) is 4.91. The van der Waals surface area contributed by atoms with E-state index in [4.69, 9.17) is 11.6 Å². The van der Waals surface area contributed by atoms with E-state index in [1.807, 2.05) is 0 Å². The summed E-state index contributed by atoms with van der Waals surface area (Å²) in [5.41, 5.74) is -1.09. The van der Waals surface area contributed by atoms with E-state index in [0.29, 0.717) is 12.8 Å². The van der Waals surface area contributed by atoms with Gasteiger partial charge >= 0.3 is 6.18 Å². The van der Waals surface area contributed by atoms with Crippen LogP contribution in [-0.4, -0.2) is 31.7 Å². The number of nitrogens with zero attached hydrogens (tertiary/aromatic N) is 1. The molecule has 2 aromatic carbocycles. The van der Waals surface area contributed by atoms with Crippen molar-refractivity contribution < 1.29 is 26.4 Å². The van der Waals surface area contributed by atoms with Gasteiger partial charge in [0.1, 0.15) is 0 Å². The van der Waals surface area contributed by atoms with Crippen molar-refractivity contribution in [2.75, 3.05) is 18.4 Å². The molecule has 0 spiro atoms. The fraction of sp³-hybridized carbons (Fsp3) is 0.316. The van der Waals surface area contributed by atoms with Gasteiger partial charge in [-0.25, -0.2) is 8.42 Å². The molecule has 1 aliphatic rings. The van der Waals surface area contributed by atoms with Gasteiger partial charge < -0.3 is 5.32 Å². The average Bonchev–Trinajstić information content (AvgIpc) is 2.69. The van der Waals surface area contributed by atoms with Crippen molar-refractivity contribution in [2.45, 2.75) is 23.9 Å². The van der Waals surface area contributed by atoms with Crippen molar-refractivity contribution >= 4 is 33.2 Å². The lowest BCUT2D eigenvalue weighted by molar-refractivity contribution is -0.137. The van der Waals surface area contributed by atoms with Crippen LogP contribution >= 0.6 is 11.6 Å². The minimum atomic E-state index is -4.65. The summed E-state index contributed by atoms with van der Waals surface area (Å²) in [6.45, 7) is 0.239. The molecule has 1 N–H and O–H groups in total. The van der Waals surface area contributed by atoms with E-state index >= 15 is 0 Å². The number of alkyl halides is 3. The first-order chi connectivity index (χ1) is 13.6. The van der Waals surface area contributed by atoms with Crippen LogP contribution in [0.25, 0.3) is 0 Å². The van der Waals surface area contributed by atoms with Gasteiger partial charge in [-0.15, -0.1) is 0 Å². The Morgan fingerprint density at radius 1 is 1.14 bits per heavy atom. The van der Waals surface area contributed by atoms with Crippen molar-refractivity contribution in [2.24, 2.45) is 5.92 Å². The van der Waals surface area contributed by atoms with Crippen LogP contribution in [-0.2, 0) is 21.0 Å². The number of amides is 1. The molecule has 1 aliphatic heterocycles. The second-order valence-electron chi connectivity index (χ2n) is 6.70. The molecule has 0 saturated carbocycles. The predicted octanol–water partition coefficient (Wildman–Crippen LogP) is 4.40. The quantitative estimate of drug-likeness (QED) is 0.757. The number of anilines is 1. The second-order valence-corrected chi connectivity index (χ2v) is 9.04. The molecule has 156 valence electrons. The van der Waals surface area contributed by atoms with Gasteiger partial charge in [0.05, 0.1) is 21.4 Å². The Bertz CT molecular complexity index is 998. The Kier molecular flexibility index (Phi) is 6.21. The molecule has 1 unspecified atom stereocenters. The number of hydrogen-bond donors (Lipinski definition) is 1. The summed E-state index contributed by atoms with van der Waals surface area (Å²) in [6, 6.07) is 11.0. The summed E-state index contributed by atoms with van der Waals surface area (Å²) >= 11 is 5.59. The van der Waals surface area contributed by atoms with Crippen LogP contribution in [0.1, 0.15) is 18.4 Å². The Hall–Kier alpha value is -2.10. The first-order valence-corrected chi connectivity index (χ1v) is 10.6. The van der Waals surface area contributed by atoms with E-state index in [1.54, 1.807) is 18.2 Å². The summed E-state index contributed by atoms with van der Waals surface area (Å²) in [7, 11) is -3.75. The summed E-state index contributed by atoms with van der Waals surface area (Å²) in [5, 5.41) is 1.98. The maximum atomic E-state index is 13.0. The summed E-state index contributed by atoms with van der Waals surface area (Å²) < 4.78 is 65.7. The molecule has 0 aliphatic carbocycles. The maximum Gasteiger partial charge on any atom is 0.417 e. The number of carbonyl (C=O) groups excluding carboxylic acids is 1. The molecule has 10 heteroatoms. The zero-order chi connectivity index (χ0) is 21.2. The topological polar surface area (TPSA) is 66.5 Å². The number of rotatable bonds is 4. The van der Waals surface area contributed by atoms with Crippen LogP contribution in [0, 0.1) is 5.92 Å². The molecule has 2 aromatic rings. The number of nitrogens with one attached hydrogen (secondary N) is 1. The fourth-order valence-electron chi connectivity index (χ4n) is 3.18. The first kappa shape index (κ1) is 21.6. The van der Waals surface area contributed by atoms with Crippen molar-refractivity contribution in [3.63, 3.8) is 0 Å². The number of sulfonamides is 1. The van der Waals surface area contributed by atoms with E-state index in [9.17, 15) is 26.4 Å². The van der Waals surface area contributed by atoms with Crippen LogP contribution in [0.15, 0.2) is 53.4 Å². The van der Waals surface area contributed by atoms with Crippen molar-refractivity contribution in [1.82, 2.24) is 4.31 Å². The zero-order valence-corrected chi connectivity index (χ0v) is 16.7. The number of piperidine rings is 1. The molecule has 0 bridgehead atoms. The zero-order valence-electron chi connectivity index (χ0n) is 15.1. The molecule has 1 fully saturated rings. The Balaban J connectivity index is 1.74. The van der Waals surface area contributed by atoms with E-state index in [0.717, 1.165) is 12.1 Å². The Morgan fingerprint density at radius 2 is 1.83 bits per heavy atom. The molecule has 0 radical (unpaired) electrons. The average molecular weight is 447 g/mol. The van der Waals surface area contributed by atoms with Crippen molar-refractivity contribution in [3.05, 3.63) is 59.1 Å². The number of carbonyl (C=O) groups is 1. The number of hydrogen-bond acceptors (Lipinski definition) is 3. The van der Waals surface area contributed by atoms with Gasteiger partial charge in [0, 0.05) is 18.8 Å². The molecule has 3 rings (SSSR count). The van der Waals surface area contributed by atoms with E-state index in [-0.39, 0.29) is 23.7 Å². The van der Waals surface area contributed by atoms with Gasteiger partial charge in [0.2, 0.25) is 15.9 Å². The lowest BCUT2D eigenvalue weighted by Crippen LogP contribution is -2.43. The minimum absolute atomic E-state index is 0.0389. The van der Waals surface area contributed by atoms with E-state index in [2.05, 4.69) is 5.32 Å². The van der Waals surface area contributed by atoms with Gasteiger partial charge in [0.25, 0.3) is 0 Å². The molecule has 1 heterocycles. The molecular weight excluding hydrogens is 429 g/mol. The van der Waals surface area contributed by atoms with Gasteiger partial charge in [-0.05, 0) is 43.2 Å². The molecule has 29 heavy (non-hydrogen) atoms. The van der Waals surface area contributed by atoms with E-state index in [1.165, 1.54) is 22.5 Å². The molecule has 5 nitrogen and oxygen atoms in total.